The number of hydrogen-bond acceptors (Lipinski definition) is 4. The van der Waals surface area contributed by atoms with Gasteiger partial charge in [-0.05, 0) is 38.1 Å². The van der Waals surface area contributed by atoms with Gasteiger partial charge < -0.3 is 20.8 Å². The molecule has 4 N–H and O–H groups in total. The van der Waals surface area contributed by atoms with Crippen LogP contribution in [-0.2, 0) is 4.79 Å². The van der Waals surface area contributed by atoms with Crippen LogP contribution in [0, 0.1) is 5.92 Å². The summed E-state index contributed by atoms with van der Waals surface area (Å²) in [5.74, 6) is 0.501. The second kappa shape index (κ2) is 12.0. The minimum Gasteiger partial charge on any atom is -0.393 e. The van der Waals surface area contributed by atoms with Crippen LogP contribution >= 0.6 is 0 Å². The molecule has 0 fully saturated rings. The van der Waals surface area contributed by atoms with Crippen molar-refractivity contribution in [1.82, 2.24) is 10.6 Å². The Morgan fingerprint density at radius 3 is 2.24 bits per heavy atom. The van der Waals surface area contributed by atoms with Gasteiger partial charge in [0.05, 0.1) is 18.6 Å². The smallest absolute Gasteiger partial charge is 0.222 e. The maximum atomic E-state index is 11.6. The quantitative estimate of drug-likeness (QED) is 0.411. The van der Waals surface area contributed by atoms with Crippen molar-refractivity contribution in [3.8, 4) is 0 Å². The topological polar surface area (TPSA) is 81.6 Å². The summed E-state index contributed by atoms with van der Waals surface area (Å²) in [5.41, 5.74) is 0. The Morgan fingerprint density at radius 2 is 1.67 bits per heavy atom. The van der Waals surface area contributed by atoms with Crippen LogP contribution in [0.15, 0.2) is 0 Å². The Morgan fingerprint density at radius 1 is 1.00 bits per heavy atom. The summed E-state index contributed by atoms with van der Waals surface area (Å²) in [6, 6.07) is 0.388. The van der Waals surface area contributed by atoms with Crippen molar-refractivity contribution in [1.29, 1.82) is 0 Å². The first-order valence-corrected chi connectivity index (χ1v) is 8.17. The number of carbonyl (C=O) groups is 1. The average molecular weight is 302 g/mol. The second-order valence-corrected chi connectivity index (χ2v) is 6.53. The summed E-state index contributed by atoms with van der Waals surface area (Å²) in [6.07, 6.45) is 1.61. The first kappa shape index (κ1) is 20.3. The molecular weight excluding hydrogens is 268 g/mol. The predicted octanol–water partition coefficient (Wildman–Crippen LogP) is 1.43. The zero-order valence-electron chi connectivity index (χ0n) is 14.1. The van der Waals surface area contributed by atoms with Gasteiger partial charge in [-0.2, -0.15) is 0 Å². The Labute approximate surface area is 129 Å². The third kappa shape index (κ3) is 14.1. The molecule has 0 heterocycles. The molecule has 0 bridgehead atoms. The summed E-state index contributed by atoms with van der Waals surface area (Å²) in [5, 5.41) is 25.6. The van der Waals surface area contributed by atoms with Crippen molar-refractivity contribution in [2.45, 2.75) is 78.0 Å². The molecule has 0 saturated carbocycles. The van der Waals surface area contributed by atoms with E-state index in [9.17, 15) is 15.0 Å². The molecule has 0 aliphatic rings. The third-order valence-electron chi connectivity index (χ3n) is 3.28. The van der Waals surface area contributed by atoms with Crippen LogP contribution < -0.4 is 10.6 Å². The Kier molecular flexibility index (Phi) is 11.6. The zero-order chi connectivity index (χ0) is 16.3. The fourth-order valence-electron chi connectivity index (χ4n) is 2.08. The number of hydrogen-bond donors (Lipinski definition) is 4. The molecule has 1 amide bonds. The standard InChI is InChI=1S/C16H34N2O3/c1-12(2)6-5-8-18-16(21)11-15(20)10-14(19)7-9-17-13(3)4/h12-15,17,19-20H,5-11H2,1-4H3,(H,18,21)/t14-,15-/m0/s1. The molecule has 0 aromatic heterocycles. The van der Waals surface area contributed by atoms with Crippen LogP contribution in [0.5, 0.6) is 0 Å². The first-order valence-electron chi connectivity index (χ1n) is 8.17. The van der Waals surface area contributed by atoms with E-state index in [1.165, 1.54) is 0 Å². The Hall–Kier alpha value is -0.650. The van der Waals surface area contributed by atoms with Gasteiger partial charge in [-0.1, -0.05) is 27.7 Å². The van der Waals surface area contributed by atoms with Gasteiger partial charge in [0, 0.05) is 12.6 Å². The van der Waals surface area contributed by atoms with Gasteiger partial charge in [0.15, 0.2) is 0 Å². The maximum absolute atomic E-state index is 11.6. The molecule has 2 atom stereocenters. The lowest BCUT2D eigenvalue weighted by molar-refractivity contribution is -0.123. The molecule has 0 radical (unpaired) electrons. The molecule has 0 spiro atoms. The minimum absolute atomic E-state index is 0.0658. The van der Waals surface area contributed by atoms with Gasteiger partial charge in [-0.25, -0.2) is 0 Å². The first-order chi connectivity index (χ1) is 9.81. The molecule has 5 nitrogen and oxygen atoms in total. The Balaban J connectivity index is 3.66. The highest BCUT2D eigenvalue weighted by molar-refractivity contribution is 5.76. The molecule has 0 aliphatic carbocycles. The molecule has 0 aromatic rings. The van der Waals surface area contributed by atoms with E-state index in [1.54, 1.807) is 0 Å². The van der Waals surface area contributed by atoms with Gasteiger partial charge in [0.2, 0.25) is 5.91 Å². The van der Waals surface area contributed by atoms with Crippen LogP contribution in [0.25, 0.3) is 0 Å². The van der Waals surface area contributed by atoms with Gasteiger partial charge in [0.25, 0.3) is 0 Å². The van der Waals surface area contributed by atoms with E-state index in [1.807, 2.05) is 13.8 Å². The Bertz CT molecular complexity index is 270. The molecule has 0 saturated heterocycles. The maximum Gasteiger partial charge on any atom is 0.222 e. The van der Waals surface area contributed by atoms with Crippen molar-refractivity contribution in [2.24, 2.45) is 5.92 Å². The highest BCUT2D eigenvalue weighted by atomic mass is 16.3. The lowest BCUT2D eigenvalue weighted by Gasteiger charge is -2.16. The van der Waals surface area contributed by atoms with E-state index < -0.39 is 12.2 Å². The SMILES string of the molecule is CC(C)CCCNC(=O)C[C@@H](O)C[C@@H](O)CCNC(C)C. The number of aliphatic hydroxyl groups is 2. The van der Waals surface area contributed by atoms with Gasteiger partial charge >= 0.3 is 0 Å². The number of amides is 1. The van der Waals surface area contributed by atoms with Gasteiger partial charge in [-0.3, -0.25) is 4.79 Å². The molecule has 21 heavy (non-hydrogen) atoms. The van der Waals surface area contributed by atoms with E-state index in [-0.39, 0.29) is 18.7 Å². The molecular formula is C16H34N2O3. The van der Waals surface area contributed by atoms with Crippen LogP contribution in [0.4, 0.5) is 0 Å². The van der Waals surface area contributed by atoms with Crippen LogP contribution in [-0.4, -0.2) is 47.5 Å². The van der Waals surface area contributed by atoms with Crippen molar-refractivity contribution >= 4 is 5.91 Å². The van der Waals surface area contributed by atoms with E-state index in [0.717, 1.165) is 12.8 Å². The predicted molar refractivity (Wildman–Crippen MR) is 86.1 cm³/mol. The lowest BCUT2D eigenvalue weighted by Crippen LogP contribution is -2.31. The molecule has 0 unspecified atom stereocenters. The van der Waals surface area contributed by atoms with Crippen molar-refractivity contribution in [3.63, 3.8) is 0 Å². The monoisotopic (exact) mass is 302 g/mol. The highest BCUT2D eigenvalue weighted by Gasteiger charge is 2.15. The normalized spacial score (nSPS) is 14.5. The average Bonchev–Trinajstić information content (AvgIpc) is 2.33. The van der Waals surface area contributed by atoms with Crippen LogP contribution in [0.2, 0.25) is 0 Å². The summed E-state index contributed by atoms with van der Waals surface area (Å²) >= 11 is 0. The summed E-state index contributed by atoms with van der Waals surface area (Å²) in [6.45, 7) is 9.77. The minimum atomic E-state index is -0.774. The molecule has 0 aromatic carbocycles. The fourth-order valence-corrected chi connectivity index (χ4v) is 2.08. The second-order valence-electron chi connectivity index (χ2n) is 6.53. The number of nitrogens with one attached hydrogen (secondary N) is 2. The molecule has 0 aliphatic heterocycles. The third-order valence-corrected chi connectivity index (χ3v) is 3.28. The zero-order valence-corrected chi connectivity index (χ0v) is 14.1. The fraction of sp³-hybridized carbons (Fsp3) is 0.938. The highest BCUT2D eigenvalue weighted by Crippen LogP contribution is 2.06. The molecule has 5 heteroatoms. The van der Waals surface area contributed by atoms with Crippen LogP contribution in [0.3, 0.4) is 0 Å². The lowest BCUT2D eigenvalue weighted by atomic mass is 10.1. The molecule has 126 valence electrons. The van der Waals surface area contributed by atoms with Crippen molar-refractivity contribution < 1.29 is 15.0 Å². The van der Waals surface area contributed by atoms with Crippen molar-refractivity contribution in [2.75, 3.05) is 13.1 Å². The van der Waals surface area contributed by atoms with E-state index >= 15 is 0 Å². The van der Waals surface area contributed by atoms with Crippen LogP contribution in [0.1, 0.15) is 59.8 Å². The largest absolute Gasteiger partial charge is 0.393 e. The summed E-state index contributed by atoms with van der Waals surface area (Å²) in [7, 11) is 0. The summed E-state index contributed by atoms with van der Waals surface area (Å²) < 4.78 is 0. The number of rotatable bonds is 12. The van der Waals surface area contributed by atoms with E-state index in [0.29, 0.717) is 31.5 Å². The number of aliphatic hydroxyl groups excluding tert-OH is 2. The van der Waals surface area contributed by atoms with Gasteiger partial charge in [0.1, 0.15) is 0 Å². The van der Waals surface area contributed by atoms with E-state index in [4.69, 9.17) is 0 Å². The van der Waals surface area contributed by atoms with Gasteiger partial charge in [-0.15, -0.1) is 0 Å². The molecule has 0 rings (SSSR count). The summed E-state index contributed by atoms with van der Waals surface area (Å²) in [4.78, 5) is 11.6. The number of carbonyl (C=O) groups excluding carboxylic acids is 1. The van der Waals surface area contributed by atoms with Crippen molar-refractivity contribution in [3.05, 3.63) is 0 Å². The van der Waals surface area contributed by atoms with E-state index in [2.05, 4.69) is 24.5 Å².